The van der Waals surface area contributed by atoms with Crippen LogP contribution in [0.15, 0.2) is 121 Å². The Hall–Kier alpha value is -5.77. The minimum atomic E-state index is -0.185. The van der Waals surface area contributed by atoms with Gasteiger partial charge in [-0.2, -0.15) is 5.26 Å². The van der Waals surface area contributed by atoms with Crippen LogP contribution in [0.2, 0.25) is 0 Å². The molecule has 1 nitrogen and oxygen atoms in total. The van der Waals surface area contributed by atoms with Gasteiger partial charge in [0.25, 0.3) is 0 Å². The number of hydrogen-bond donors (Lipinski definition) is 0. The molecule has 0 heterocycles. The summed E-state index contributed by atoms with van der Waals surface area (Å²) in [7, 11) is 0. The Morgan fingerprint density at radius 2 is 0.830 bits per heavy atom. The molecule has 0 unspecified atom stereocenters. The molecule has 0 aliphatic heterocycles. The summed E-state index contributed by atoms with van der Waals surface area (Å²) in [5, 5.41) is 9.07. The lowest BCUT2D eigenvalue weighted by molar-refractivity contribution is 0.576. The lowest BCUT2D eigenvalue weighted by Gasteiger charge is -2.11. The van der Waals surface area contributed by atoms with Gasteiger partial charge >= 0.3 is 0 Å². The molecule has 6 rings (SSSR count). The van der Waals surface area contributed by atoms with Crippen molar-refractivity contribution in [2.24, 2.45) is 0 Å². The minimum Gasteiger partial charge on any atom is -0.206 e. The Morgan fingerprint density at radius 3 is 1.21 bits per heavy atom. The zero-order valence-electron chi connectivity index (χ0n) is 30.7. The standard InChI is InChI=1S/C50H45F2N/c1-4-37-14-20-41(21-15-37)45-28-24-43(30-35(45)2)47-26-18-38(32-49(47)51)12-10-8-6-5-7-9-11-13-39-19-27-48(50(52)33-39)44-25-29-46(36(3)31-44)42-22-16-40(34-53)17-23-42/h1,14-33H,5-13H2,2-3H3. The van der Waals surface area contributed by atoms with Gasteiger partial charge in [0.05, 0.1) is 11.6 Å². The number of aryl methyl sites for hydroxylation is 4. The summed E-state index contributed by atoms with van der Waals surface area (Å²) >= 11 is 0. The summed E-state index contributed by atoms with van der Waals surface area (Å²) in [6.45, 7) is 4.10. The van der Waals surface area contributed by atoms with Crippen molar-refractivity contribution in [1.29, 1.82) is 5.26 Å². The van der Waals surface area contributed by atoms with Crippen LogP contribution in [0.1, 0.15) is 78.3 Å². The third kappa shape index (κ3) is 9.37. The molecule has 3 heteroatoms. The van der Waals surface area contributed by atoms with E-state index in [4.69, 9.17) is 11.7 Å². The van der Waals surface area contributed by atoms with E-state index in [0.717, 1.165) is 99.7 Å². The summed E-state index contributed by atoms with van der Waals surface area (Å²) in [4.78, 5) is 0. The van der Waals surface area contributed by atoms with Crippen LogP contribution in [0.25, 0.3) is 44.5 Å². The first-order chi connectivity index (χ1) is 25.8. The molecule has 0 aromatic heterocycles. The lowest BCUT2D eigenvalue weighted by atomic mass is 9.94. The molecule has 0 bridgehead atoms. The van der Waals surface area contributed by atoms with E-state index >= 15 is 8.78 Å². The quantitative estimate of drug-likeness (QED) is 0.0821. The van der Waals surface area contributed by atoms with E-state index in [2.05, 4.69) is 43.2 Å². The van der Waals surface area contributed by atoms with E-state index in [9.17, 15) is 0 Å². The van der Waals surface area contributed by atoms with Gasteiger partial charge in [-0.25, -0.2) is 8.78 Å². The molecule has 6 aromatic rings. The van der Waals surface area contributed by atoms with Crippen molar-refractivity contribution < 1.29 is 8.78 Å². The van der Waals surface area contributed by atoms with Crippen molar-refractivity contribution in [1.82, 2.24) is 0 Å². The molecule has 0 spiro atoms. The van der Waals surface area contributed by atoms with Gasteiger partial charge in [-0.05, 0) is 132 Å². The molecule has 0 N–H and O–H groups in total. The van der Waals surface area contributed by atoms with Crippen molar-refractivity contribution in [2.75, 3.05) is 0 Å². The van der Waals surface area contributed by atoms with Crippen LogP contribution in [0.5, 0.6) is 0 Å². The highest BCUT2D eigenvalue weighted by atomic mass is 19.1. The number of halogens is 2. The van der Waals surface area contributed by atoms with Crippen LogP contribution < -0.4 is 0 Å². The summed E-state index contributed by atoms with van der Waals surface area (Å²) in [5.41, 5.74) is 13.1. The van der Waals surface area contributed by atoms with Gasteiger partial charge in [-0.3, -0.25) is 0 Å². The molecular weight excluding hydrogens is 653 g/mol. The zero-order chi connectivity index (χ0) is 37.2. The fourth-order valence-corrected chi connectivity index (χ4v) is 7.22. The molecule has 0 atom stereocenters. The van der Waals surface area contributed by atoms with E-state index in [-0.39, 0.29) is 11.6 Å². The van der Waals surface area contributed by atoms with Crippen molar-refractivity contribution in [3.63, 3.8) is 0 Å². The smallest absolute Gasteiger partial charge is 0.131 e. The molecule has 0 aliphatic carbocycles. The Labute approximate surface area is 314 Å². The number of nitrogens with zero attached hydrogens (tertiary/aromatic N) is 1. The zero-order valence-corrected chi connectivity index (χ0v) is 30.7. The Balaban J connectivity index is 0.897. The highest BCUT2D eigenvalue weighted by Gasteiger charge is 2.12. The largest absolute Gasteiger partial charge is 0.206 e. The molecular formula is C50H45F2N. The molecule has 0 saturated heterocycles. The maximum Gasteiger partial charge on any atom is 0.131 e. The summed E-state index contributed by atoms with van der Waals surface area (Å²) < 4.78 is 30.4. The average Bonchev–Trinajstić information content (AvgIpc) is 3.17. The van der Waals surface area contributed by atoms with E-state index in [1.165, 1.54) is 19.3 Å². The van der Waals surface area contributed by atoms with Gasteiger partial charge in [0.15, 0.2) is 0 Å². The van der Waals surface area contributed by atoms with Crippen LogP contribution in [0.3, 0.4) is 0 Å². The first-order valence-electron chi connectivity index (χ1n) is 18.7. The first-order valence-corrected chi connectivity index (χ1v) is 18.7. The van der Waals surface area contributed by atoms with Gasteiger partial charge in [-0.15, -0.1) is 6.42 Å². The number of benzene rings is 6. The molecule has 53 heavy (non-hydrogen) atoms. The molecule has 6 aromatic carbocycles. The fourth-order valence-electron chi connectivity index (χ4n) is 7.22. The maximum atomic E-state index is 15.2. The van der Waals surface area contributed by atoms with Crippen LogP contribution in [0, 0.1) is 49.2 Å². The second-order valence-electron chi connectivity index (χ2n) is 14.1. The second-order valence-corrected chi connectivity index (χ2v) is 14.1. The van der Waals surface area contributed by atoms with Crippen molar-refractivity contribution in [3.05, 3.63) is 166 Å². The normalized spacial score (nSPS) is 10.9. The SMILES string of the molecule is C#Cc1ccc(-c2ccc(-c3ccc(CCCCCCCCCc4ccc(-c5ccc(-c6ccc(C#N)cc6)c(C)c5)c(F)c4)cc3F)cc2C)cc1. The first kappa shape index (κ1) is 37.0. The molecule has 0 aliphatic rings. The van der Waals surface area contributed by atoms with E-state index in [1.54, 1.807) is 12.1 Å². The van der Waals surface area contributed by atoms with Crippen molar-refractivity contribution >= 4 is 0 Å². The fraction of sp³-hybridized carbons (Fsp3) is 0.220. The van der Waals surface area contributed by atoms with Gasteiger partial charge in [0.2, 0.25) is 0 Å². The Bertz CT molecular complexity index is 2100. The summed E-state index contributed by atoms with van der Waals surface area (Å²) in [6.07, 6.45) is 15.1. The number of rotatable bonds is 14. The minimum absolute atomic E-state index is 0.174. The predicted molar refractivity (Wildman–Crippen MR) is 216 cm³/mol. The topological polar surface area (TPSA) is 23.8 Å². The second kappa shape index (κ2) is 17.6. The number of nitriles is 1. The third-order valence-electron chi connectivity index (χ3n) is 10.3. The van der Waals surface area contributed by atoms with Gasteiger partial charge < -0.3 is 0 Å². The van der Waals surface area contributed by atoms with Crippen molar-refractivity contribution in [2.45, 2.75) is 71.6 Å². The van der Waals surface area contributed by atoms with E-state index in [0.29, 0.717) is 16.7 Å². The van der Waals surface area contributed by atoms with Crippen molar-refractivity contribution in [3.8, 4) is 62.9 Å². The molecule has 0 radical (unpaired) electrons. The maximum absolute atomic E-state index is 15.2. The highest BCUT2D eigenvalue weighted by Crippen LogP contribution is 2.32. The lowest BCUT2D eigenvalue weighted by Crippen LogP contribution is -1.93. The summed E-state index contributed by atoms with van der Waals surface area (Å²) in [5.74, 6) is 2.29. The van der Waals surface area contributed by atoms with Gasteiger partial charge in [0.1, 0.15) is 11.6 Å². The van der Waals surface area contributed by atoms with Gasteiger partial charge in [0, 0.05) is 16.7 Å². The molecule has 0 fully saturated rings. The van der Waals surface area contributed by atoms with Crippen LogP contribution in [-0.2, 0) is 12.8 Å². The van der Waals surface area contributed by atoms with Crippen LogP contribution in [0.4, 0.5) is 8.78 Å². The number of unbranched alkanes of at least 4 members (excludes halogenated alkanes) is 6. The predicted octanol–water partition coefficient (Wildman–Crippen LogP) is 13.6. The van der Waals surface area contributed by atoms with E-state index < -0.39 is 0 Å². The van der Waals surface area contributed by atoms with Gasteiger partial charge in [-0.1, -0.05) is 123 Å². The monoisotopic (exact) mass is 697 g/mol. The third-order valence-corrected chi connectivity index (χ3v) is 10.3. The Morgan fingerprint density at radius 1 is 0.453 bits per heavy atom. The number of terminal acetylenes is 1. The average molecular weight is 698 g/mol. The molecule has 0 saturated carbocycles. The van der Waals surface area contributed by atoms with E-state index in [1.807, 2.05) is 91.9 Å². The molecule has 0 amide bonds. The highest BCUT2D eigenvalue weighted by molar-refractivity contribution is 5.75. The Kier molecular flexibility index (Phi) is 12.3. The van der Waals surface area contributed by atoms with Crippen LogP contribution >= 0.6 is 0 Å². The summed E-state index contributed by atoms with van der Waals surface area (Å²) in [6, 6.07) is 41.1. The molecule has 264 valence electrons. The van der Waals surface area contributed by atoms with Crippen LogP contribution in [-0.4, -0.2) is 0 Å². The number of hydrogen-bond acceptors (Lipinski definition) is 1.